The van der Waals surface area contributed by atoms with E-state index in [1.54, 1.807) is 18.3 Å². The fourth-order valence-corrected chi connectivity index (χ4v) is 2.91. The maximum absolute atomic E-state index is 12.3. The van der Waals surface area contributed by atoms with Gasteiger partial charge in [-0.2, -0.15) is 10.4 Å². The zero-order valence-corrected chi connectivity index (χ0v) is 17.4. The minimum Gasteiger partial charge on any atom is -0.491 e. The quantitative estimate of drug-likeness (QED) is 0.429. The Kier molecular flexibility index (Phi) is 6.42. The highest BCUT2D eigenvalue weighted by Gasteiger charge is 2.12. The summed E-state index contributed by atoms with van der Waals surface area (Å²) in [5.41, 5.74) is 3.88. The van der Waals surface area contributed by atoms with Gasteiger partial charge in [0.25, 0.3) is 5.56 Å². The number of aromatic amines is 1. The number of nitriles is 1. The molecule has 2 aromatic carbocycles. The van der Waals surface area contributed by atoms with E-state index in [1.807, 2.05) is 56.3 Å². The minimum absolute atomic E-state index is 0.0491. The first kappa shape index (κ1) is 20.3. The van der Waals surface area contributed by atoms with Gasteiger partial charge >= 0.3 is 0 Å². The molecule has 3 aromatic rings. The van der Waals surface area contributed by atoms with Gasteiger partial charge in [0.15, 0.2) is 0 Å². The molecule has 0 atom stereocenters. The molecule has 0 saturated carbocycles. The number of hydrogen-bond acceptors (Lipinski definition) is 6. The number of nitrogens with zero attached hydrogens (tertiary/aromatic N) is 3. The molecule has 0 spiro atoms. The average Bonchev–Trinajstić information content (AvgIpc) is 2.70. The van der Waals surface area contributed by atoms with E-state index in [2.05, 4.69) is 36.4 Å². The summed E-state index contributed by atoms with van der Waals surface area (Å²) in [6, 6.07) is 16.5. The van der Waals surface area contributed by atoms with Gasteiger partial charge in [0, 0.05) is 15.6 Å². The summed E-state index contributed by atoms with van der Waals surface area (Å²) < 4.78 is 6.53. The summed E-state index contributed by atoms with van der Waals surface area (Å²) in [4.78, 5) is 19.1. The number of nitrogens with one attached hydrogen (secondary N) is 2. The molecule has 0 aliphatic rings. The predicted molar refractivity (Wildman–Crippen MR) is 116 cm³/mol. The van der Waals surface area contributed by atoms with Crippen LogP contribution in [0.25, 0.3) is 11.3 Å². The van der Waals surface area contributed by atoms with Crippen LogP contribution < -0.4 is 15.7 Å². The Bertz CT molecular complexity index is 1130. The minimum atomic E-state index is -0.535. The van der Waals surface area contributed by atoms with E-state index in [0.717, 1.165) is 15.8 Å². The van der Waals surface area contributed by atoms with E-state index in [0.29, 0.717) is 11.3 Å². The number of halogens is 1. The second-order valence-corrected chi connectivity index (χ2v) is 7.19. The maximum Gasteiger partial charge on any atom is 0.270 e. The average molecular weight is 452 g/mol. The fourth-order valence-electron chi connectivity index (χ4n) is 2.56. The van der Waals surface area contributed by atoms with Gasteiger partial charge in [-0.15, -0.1) is 0 Å². The first-order valence-corrected chi connectivity index (χ1v) is 9.62. The van der Waals surface area contributed by atoms with Crippen LogP contribution in [0.3, 0.4) is 0 Å². The van der Waals surface area contributed by atoms with Crippen LogP contribution in [0, 0.1) is 11.3 Å². The monoisotopic (exact) mass is 451 g/mol. The van der Waals surface area contributed by atoms with Crippen molar-refractivity contribution in [3.63, 3.8) is 0 Å². The van der Waals surface area contributed by atoms with E-state index in [1.165, 1.54) is 0 Å². The van der Waals surface area contributed by atoms with Crippen molar-refractivity contribution in [1.82, 2.24) is 9.97 Å². The van der Waals surface area contributed by atoms with Crippen molar-refractivity contribution in [3.05, 3.63) is 74.5 Å². The van der Waals surface area contributed by atoms with Crippen molar-refractivity contribution in [3.8, 4) is 23.1 Å². The molecule has 0 amide bonds. The lowest BCUT2D eigenvalue weighted by atomic mass is 10.1. The molecule has 146 valence electrons. The molecule has 2 N–H and O–H groups in total. The topological polar surface area (TPSA) is 103 Å². The summed E-state index contributed by atoms with van der Waals surface area (Å²) in [6.07, 6.45) is 1.64. The van der Waals surface area contributed by atoms with Crippen molar-refractivity contribution in [2.75, 3.05) is 5.43 Å². The number of anilines is 1. The number of benzene rings is 2. The second kappa shape index (κ2) is 9.17. The van der Waals surface area contributed by atoms with E-state index >= 15 is 0 Å². The van der Waals surface area contributed by atoms with Gasteiger partial charge in [-0.3, -0.25) is 9.78 Å². The molecule has 0 radical (unpaired) electrons. The molecule has 8 heteroatoms. The van der Waals surface area contributed by atoms with E-state index in [-0.39, 0.29) is 17.6 Å². The largest absolute Gasteiger partial charge is 0.491 e. The third-order valence-electron chi connectivity index (χ3n) is 3.79. The van der Waals surface area contributed by atoms with Crippen LogP contribution in [0.5, 0.6) is 5.75 Å². The van der Waals surface area contributed by atoms with Crippen LogP contribution in [0.4, 0.5) is 5.95 Å². The van der Waals surface area contributed by atoms with E-state index < -0.39 is 5.56 Å². The Morgan fingerprint density at radius 2 is 2.03 bits per heavy atom. The Balaban J connectivity index is 1.87. The zero-order chi connectivity index (χ0) is 20.8. The van der Waals surface area contributed by atoms with E-state index in [4.69, 9.17) is 4.74 Å². The molecule has 0 aliphatic heterocycles. The van der Waals surface area contributed by atoms with Gasteiger partial charge in [0.05, 0.1) is 18.0 Å². The van der Waals surface area contributed by atoms with Crippen LogP contribution >= 0.6 is 15.9 Å². The SMILES string of the molecule is CC(C)Oc1ccc(Br)c(C=NNc2nc(-c3ccccc3)c(C#N)c(=O)[nH]2)c1. The molecule has 0 aliphatic carbocycles. The smallest absolute Gasteiger partial charge is 0.270 e. The molecule has 29 heavy (non-hydrogen) atoms. The predicted octanol–water partition coefficient (Wildman–Crippen LogP) is 4.30. The summed E-state index contributed by atoms with van der Waals surface area (Å²) in [5, 5.41) is 13.5. The molecule has 0 unspecified atom stereocenters. The molecule has 0 fully saturated rings. The van der Waals surface area contributed by atoms with Crippen molar-refractivity contribution < 1.29 is 4.74 Å². The number of H-pyrrole nitrogens is 1. The van der Waals surface area contributed by atoms with Crippen molar-refractivity contribution >= 4 is 28.1 Å². The summed E-state index contributed by atoms with van der Waals surface area (Å²) in [6.45, 7) is 3.91. The maximum atomic E-state index is 12.3. The standard InChI is InChI=1S/C21H18BrN5O2/c1-13(2)29-16-8-9-18(22)15(10-16)12-24-27-21-25-19(14-6-4-3-5-7-14)17(11-23)20(28)26-21/h3-10,12-13H,1-2H3,(H2,25,26,27,28). The zero-order valence-electron chi connectivity index (χ0n) is 15.8. The molecule has 1 heterocycles. The van der Waals surface area contributed by atoms with Crippen LogP contribution in [0.2, 0.25) is 0 Å². The van der Waals surface area contributed by atoms with Crippen LogP contribution in [0.15, 0.2) is 62.9 Å². The van der Waals surface area contributed by atoms with Gasteiger partial charge in [-0.1, -0.05) is 46.3 Å². The number of aromatic nitrogens is 2. The lowest BCUT2D eigenvalue weighted by molar-refractivity contribution is 0.242. The molecular formula is C21H18BrN5O2. The van der Waals surface area contributed by atoms with E-state index in [9.17, 15) is 10.1 Å². The number of ether oxygens (including phenoxy) is 1. The Hall–Kier alpha value is -3.44. The number of hydrazone groups is 1. The summed E-state index contributed by atoms with van der Waals surface area (Å²) in [5.74, 6) is 0.857. The van der Waals surface area contributed by atoms with Crippen LogP contribution in [-0.4, -0.2) is 22.3 Å². The molecule has 0 saturated heterocycles. The van der Waals surface area contributed by atoms with Crippen LogP contribution in [-0.2, 0) is 0 Å². The van der Waals surface area contributed by atoms with Gasteiger partial charge < -0.3 is 4.74 Å². The van der Waals surface area contributed by atoms with Crippen molar-refractivity contribution in [2.24, 2.45) is 5.10 Å². The lowest BCUT2D eigenvalue weighted by Gasteiger charge is -2.10. The second-order valence-electron chi connectivity index (χ2n) is 6.34. The third kappa shape index (κ3) is 5.09. The van der Waals surface area contributed by atoms with Gasteiger partial charge in [-0.25, -0.2) is 10.4 Å². The number of hydrogen-bond donors (Lipinski definition) is 2. The van der Waals surface area contributed by atoms with Gasteiger partial charge in [0.1, 0.15) is 17.4 Å². The first-order valence-electron chi connectivity index (χ1n) is 8.83. The number of rotatable bonds is 6. The Morgan fingerprint density at radius 3 is 2.72 bits per heavy atom. The van der Waals surface area contributed by atoms with Crippen molar-refractivity contribution in [1.29, 1.82) is 5.26 Å². The van der Waals surface area contributed by atoms with Gasteiger partial charge in [-0.05, 0) is 32.0 Å². The molecule has 1 aromatic heterocycles. The van der Waals surface area contributed by atoms with Crippen LogP contribution in [0.1, 0.15) is 25.0 Å². The molecular weight excluding hydrogens is 434 g/mol. The lowest BCUT2D eigenvalue weighted by Crippen LogP contribution is -2.16. The highest BCUT2D eigenvalue weighted by molar-refractivity contribution is 9.10. The summed E-state index contributed by atoms with van der Waals surface area (Å²) >= 11 is 3.47. The first-order chi connectivity index (χ1) is 14.0. The summed E-state index contributed by atoms with van der Waals surface area (Å²) in [7, 11) is 0. The van der Waals surface area contributed by atoms with Gasteiger partial charge in [0.2, 0.25) is 5.95 Å². The highest BCUT2D eigenvalue weighted by atomic mass is 79.9. The highest BCUT2D eigenvalue weighted by Crippen LogP contribution is 2.22. The molecule has 0 bridgehead atoms. The Labute approximate surface area is 176 Å². The molecule has 3 rings (SSSR count). The Morgan fingerprint density at radius 1 is 1.28 bits per heavy atom. The van der Waals surface area contributed by atoms with Crippen molar-refractivity contribution in [2.45, 2.75) is 20.0 Å². The fraction of sp³-hybridized carbons (Fsp3) is 0.143. The molecule has 7 nitrogen and oxygen atoms in total. The third-order valence-corrected chi connectivity index (χ3v) is 4.51. The normalized spacial score (nSPS) is 10.9.